The molecule has 0 saturated heterocycles. The Labute approximate surface area is 112 Å². The predicted octanol–water partition coefficient (Wildman–Crippen LogP) is 4.17. The number of thiophene rings is 1. The van der Waals surface area contributed by atoms with E-state index in [4.69, 9.17) is 0 Å². The lowest BCUT2D eigenvalue weighted by atomic mass is 10.1. The summed E-state index contributed by atoms with van der Waals surface area (Å²) in [6.45, 7) is 4.23. The Kier molecular flexibility index (Phi) is 4.50. The van der Waals surface area contributed by atoms with Crippen molar-refractivity contribution in [3.63, 3.8) is 0 Å². The van der Waals surface area contributed by atoms with Gasteiger partial charge in [0.15, 0.2) is 0 Å². The minimum Gasteiger partial charge on any atom is -0.307 e. The SMILES string of the molecule is CC(Cc1ccsc1)NC(C)c1cccc(F)c1. The number of rotatable bonds is 5. The number of hydrogen-bond donors (Lipinski definition) is 1. The third-order valence-corrected chi connectivity index (χ3v) is 3.74. The van der Waals surface area contributed by atoms with Crippen LogP contribution in [0, 0.1) is 5.82 Å². The van der Waals surface area contributed by atoms with Crippen LogP contribution in [0.15, 0.2) is 41.1 Å². The van der Waals surface area contributed by atoms with Crippen LogP contribution in [0.3, 0.4) is 0 Å². The summed E-state index contributed by atoms with van der Waals surface area (Å²) in [5.74, 6) is -0.174. The molecule has 0 aliphatic rings. The molecule has 0 aliphatic carbocycles. The maximum Gasteiger partial charge on any atom is 0.123 e. The van der Waals surface area contributed by atoms with Gasteiger partial charge in [0.2, 0.25) is 0 Å². The van der Waals surface area contributed by atoms with E-state index in [0.29, 0.717) is 6.04 Å². The normalized spacial score (nSPS) is 14.4. The Morgan fingerprint density at radius 2 is 2.11 bits per heavy atom. The summed E-state index contributed by atoms with van der Waals surface area (Å²) in [5, 5.41) is 7.77. The molecule has 2 unspecified atom stereocenters. The summed E-state index contributed by atoms with van der Waals surface area (Å²) in [6, 6.07) is 9.47. The van der Waals surface area contributed by atoms with Gasteiger partial charge in [-0.05, 0) is 60.4 Å². The van der Waals surface area contributed by atoms with Gasteiger partial charge in [0, 0.05) is 12.1 Å². The van der Waals surface area contributed by atoms with E-state index in [0.717, 1.165) is 12.0 Å². The summed E-state index contributed by atoms with van der Waals surface area (Å²) in [6.07, 6.45) is 1.00. The molecule has 0 amide bonds. The molecule has 2 aromatic rings. The third kappa shape index (κ3) is 3.65. The van der Waals surface area contributed by atoms with Crippen molar-refractivity contribution in [2.24, 2.45) is 0 Å². The molecule has 0 bridgehead atoms. The van der Waals surface area contributed by atoms with Crippen LogP contribution in [0.1, 0.15) is 31.0 Å². The van der Waals surface area contributed by atoms with Crippen molar-refractivity contribution < 1.29 is 4.39 Å². The standard InChI is InChI=1S/C15H18FNS/c1-11(8-13-6-7-18-10-13)17-12(2)14-4-3-5-15(16)9-14/h3-7,9-12,17H,8H2,1-2H3. The van der Waals surface area contributed by atoms with Crippen molar-refractivity contribution in [3.8, 4) is 0 Å². The Balaban J connectivity index is 1.92. The van der Waals surface area contributed by atoms with Crippen molar-refractivity contribution in [3.05, 3.63) is 58.0 Å². The number of hydrogen-bond acceptors (Lipinski definition) is 2. The molecular formula is C15H18FNS. The van der Waals surface area contributed by atoms with Crippen LogP contribution in [-0.2, 0) is 6.42 Å². The molecule has 0 saturated carbocycles. The summed E-state index contributed by atoms with van der Waals surface area (Å²) in [5.41, 5.74) is 2.35. The Bertz CT molecular complexity index is 481. The van der Waals surface area contributed by atoms with Gasteiger partial charge in [0.05, 0.1) is 0 Å². The first kappa shape index (κ1) is 13.2. The van der Waals surface area contributed by atoms with E-state index in [1.165, 1.54) is 11.6 Å². The van der Waals surface area contributed by atoms with Gasteiger partial charge in [-0.1, -0.05) is 12.1 Å². The zero-order chi connectivity index (χ0) is 13.0. The predicted molar refractivity (Wildman–Crippen MR) is 75.4 cm³/mol. The van der Waals surface area contributed by atoms with E-state index in [1.54, 1.807) is 23.5 Å². The topological polar surface area (TPSA) is 12.0 Å². The smallest absolute Gasteiger partial charge is 0.123 e. The van der Waals surface area contributed by atoms with E-state index in [-0.39, 0.29) is 11.9 Å². The average molecular weight is 263 g/mol. The van der Waals surface area contributed by atoms with Gasteiger partial charge < -0.3 is 5.32 Å². The first-order valence-corrected chi connectivity index (χ1v) is 7.12. The van der Waals surface area contributed by atoms with E-state index in [2.05, 4.69) is 36.0 Å². The summed E-state index contributed by atoms with van der Waals surface area (Å²) in [4.78, 5) is 0. The fraction of sp³-hybridized carbons (Fsp3) is 0.333. The van der Waals surface area contributed by atoms with Gasteiger partial charge in [0.1, 0.15) is 5.82 Å². The molecule has 1 N–H and O–H groups in total. The van der Waals surface area contributed by atoms with Crippen molar-refractivity contribution in [2.75, 3.05) is 0 Å². The minimum absolute atomic E-state index is 0.161. The highest BCUT2D eigenvalue weighted by atomic mass is 32.1. The van der Waals surface area contributed by atoms with Crippen molar-refractivity contribution in [1.29, 1.82) is 0 Å². The summed E-state index contributed by atoms with van der Waals surface area (Å²) in [7, 11) is 0. The van der Waals surface area contributed by atoms with Crippen LogP contribution in [0.25, 0.3) is 0 Å². The number of halogens is 1. The molecule has 1 heterocycles. The molecule has 18 heavy (non-hydrogen) atoms. The maximum atomic E-state index is 13.1. The molecule has 1 nitrogen and oxygen atoms in total. The van der Waals surface area contributed by atoms with Crippen LogP contribution < -0.4 is 5.32 Å². The lowest BCUT2D eigenvalue weighted by Gasteiger charge is -2.20. The maximum absolute atomic E-state index is 13.1. The lowest BCUT2D eigenvalue weighted by Crippen LogP contribution is -2.30. The second kappa shape index (κ2) is 6.12. The zero-order valence-electron chi connectivity index (χ0n) is 10.7. The van der Waals surface area contributed by atoms with E-state index in [1.807, 2.05) is 6.07 Å². The van der Waals surface area contributed by atoms with Crippen LogP contribution in [0.2, 0.25) is 0 Å². The second-order valence-electron chi connectivity index (χ2n) is 4.68. The highest BCUT2D eigenvalue weighted by Gasteiger charge is 2.10. The second-order valence-corrected chi connectivity index (χ2v) is 5.46. The summed E-state index contributed by atoms with van der Waals surface area (Å²) < 4.78 is 13.1. The molecule has 0 fully saturated rings. The first-order chi connectivity index (χ1) is 8.65. The Morgan fingerprint density at radius 1 is 1.28 bits per heavy atom. The number of benzene rings is 1. The molecule has 0 spiro atoms. The molecule has 0 radical (unpaired) electrons. The van der Waals surface area contributed by atoms with E-state index >= 15 is 0 Å². The van der Waals surface area contributed by atoms with Gasteiger partial charge in [-0.15, -0.1) is 0 Å². The molecule has 3 heteroatoms. The van der Waals surface area contributed by atoms with Gasteiger partial charge >= 0.3 is 0 Å². The van der Waals surface area contributed by atoms with Crippen molar-refractivity contribution in [2.45, 2.75) is 32.4 Å². The molecule has 1 aromatic heterocycles. The molecule has 0 aliphatic heterocycles. The molecule has 2 atom stereocenters. The highest BCUT2D eigenvalue weighted by molar-refractivity contribution is 7.07. The Morgan fingerprint density at radius 3 is 2.78 bits per heavy atom. The van der Waals surface area contributed by atoms with Crippen LogP contribution >= 0.6 is 11.3 Å². The van der Waals surface area contributed by atoms with Gasteiger partial charge in [-0.25, -0.2) is 4.39 Å². The van der Waals surface area contributed by atoms with Crippen LogP contribution in [0.4, 0.5) is 4.39 Å². The fourth-order valence-corrected chi connectivity index (χ4v) is 2.80. The molecule has 96 valence electrons. The Hall–Kier alpha value is -1.19. The van der Waals surface area contributed by atoms with E-state index in [9.17, 15) is 4.39 Å². The van der Waals surface area contributed by atoms with Gasteiger partial charge in [-0.3, -0.25) is 0 Å². The molecule has 1 aromatic carbocycles. The zero-order valence-corrected chi connectivity index (χ0v) is 11.5. The molecule has 2 rings (SSSR count). The van der Waals surface area contributed by atoms with Crippen molar-refractivity contribution in [1.82, 2.24) is 5.32 Å². The van der Waals surface area contributed by atoms with Crippen LogP contribution in [0.5, 0.6) is 0 Å². The number of nitrogens with one attached hydrogen (secondary N) is 1. The monoisotopic (exact) mass is 263 g/mol. The minimum atomic E-state index is -0.174. The third-order valence-electron chi connectivity index (χ3n) is 3.01. The largest absolute Gasteiger partial charge is 0.307 e. The fourth-order valence-electron chi connectivity index (χ4n) is 2.12. The van der Waals surface area contributed by atoms with Gasteiger partial charge in [0.25, 0.3) is 0 Å². The van der Waals surface area contributed by atoms with Gasteiger partial charge in [-0.2, -0.15) is 11.3 Å². The first-order valence-electron chi connectivity index (χ1n) is 6.17. The molecular weight excluding hydrogens is 245 g/mol. The quantitative estimate of drug-likeness (QED) is 0.853. The highest BCUT2D eigenvalue weighted by Crippen LogP contribution is 2.16. The van der Waals surface area contributed by atoms with Crippen LogP contribution in [-0.4, -0.2) is 6.04 Å². The lowest BCUT2D eigenvalue weighted by molar-refractivity contribution is 0.475. The summed E-state index contributed by atoms with van der Waals surface area (Å²) >= 11 is 1.72. The van der Waals surface area contributed by atoms with Crippen molar-refractivity contribution >= 4 is 11.3 Å². The van der Waals surface area contributed by atoms with E-state index < -0.39 is 0 Å². The average Bonchev–Trinajstić information content (AvgIpc) is 2.81.